The van der Waals surface area contributed by atoms with Gasteiger partial charge in [0.05, 0.1) is 18.2 Å². The van der Waals surface area contributed by atoms with Gasteiger partial charge >= 0.3 is 0 Å². The second kappa shape index (κ2) is 5.46. The van der Waals surface area contributed by atoms with E-state index in [9.17, 15) is 0 Å². The summed E-state index contributed by atoms with van der Waals surface area (Å²) in [6, 6.07) is 10.8. The first-order valence-electron chi connectivity index (χ1n) is 6.19. The van der Waals surface area contributed by atoms with Crippen molar-refractivity contribution >= 4 is 0 Å². The summed E-state index contributed by atoms with van der Waals surface area (Å²) in [5.41, 5.74) is 1.30. The third kappa shape index (κ3) is 2.63. The molecule has 2 heteroatoms. The average Bonchev–Trinajstić information content (AvgIpc) is 2.26. The molecule has 1 N–H and O–H groups in total. The van der Waals surface area contributed by atoms with Crippen molar-refractivity contribution in [3.05, 3.63) is 35.9 Å². The Balaban J connectivity index is 1.98. The maximum Gasteiger partial charge on any atom is 0.0745 e. The van der Waals surface area contributed by atoms with Crippen molar-refractivity contribution in [3.8, 4) is 0 Å². The van der Waals surface area contributed by atoms with E-state index in [0.29, 0.717) is 12.1 Å². The normalized spacial score (nSPS) is 20.1. The van der Waals surface area contributed by atoms with Crippen LogP contribution in [0.5, 0.6) is 0 Å². The fourth-order valence-electron chi connectivity index (χ4n) is 2.22. The minimum atomic E-state index is 0.234. The van der Waals surface area contributed by atoms with Crippen molar-refractivity contribution in [2.24, 2.45) is 0 Å². The van der Waals surface area contributed by atoms with Gasteiger partial charge in [-0.2, -0.15) is 0 Å². The Hall–Kier alpha value is -0.860. The van der Waals surface area contributed by atoms with Gasteiger partial charge in [-0.05, 0) is 38.8 Å². The molecule has 1 saturated carbocycles. The molecule has 1 aromatic carbocycles. The summed E-state index contributed by atoms with van der Waals surface area (Å²) in [6.45, 7) is 2.16. The standard InChI is InChI=1S/C14H21NO/c1-11(16-13-9-6-10-13)14(15-2)12-7-4-3-5-8-12/h3-5,7-8,11,13-15H,6,9-10H2,1-2H3. The predicted octanol–water partition coefficient (Wildman–Crippen LogP) is 2.90. The van der Waals surface area contributed by atoms with Gasteiger partial charge in [-0.15, -0.1) is 0 Å². The van der Waals surface area contributed by atoms with Crippen LogP contribution in [0.2, 0.25) is 0 Å². The first kappa shape index (κ1) is 11.6. The van der Waals surface area contributed by atoms with Crippen LogP contribution >= 0.6 is 0 Å². The van der Waals surface area contributed by atoms with Crippen molar-refractivity contribution < 1.29 is 4.74 Å². The Kier molecular flexibility index (Phi) is 3.97. The molecule has 2 atom stereocenters. The monoisotopic (exact) mass is 219 g/mol. The number of nitrogens with one attached hydrogen (secondary N) is 1. The van der Waals surface area contributed by atoms with Gasteiger partial charge in [-0.25, -0.2) is 0 Å². The van der Waals surface area contributed by atoms with E-state index in [1.165, 1.54) is 24.8 Å². The van der Waals surface area contributed by atoms with E-state index in [4.69, 9.17) is 4.74 Å². The lowest BCUT2D eigenvalue weighted by Gasteiger charge is -2.33. The molecule has 16 heavy (non-hydrogen) atoms. The Morgan fingerprint density at radius 2 is 1.94 bits per heavy atom. The highest BCUT2D eigenvalue weighted by atomic mass is 16.5. The van der Waals surface area contributed by atoms with Crippen molar-refractivity contribution in [1.82, 2.24) is 5.32 Å². The van der Waals surface area contributed by atoms with Gasteiger partial charge in [0, 0.05) is 0 Å². The fourth-order valence-corrected chi connectivity index (χ4v) is 2.22. The molecule has 2 nitrogen and oxygen atoms in total. The van der Waals surface area contributed by atoms with E-state index in [-0.39, 0.29) is 6.10 Å². The third-order valence-corrected chi connectivity index (χ3v) is 3.40. The minimum absolute atomic E-state index is 0.234. The van der Waals surface area contributed by atoms with Crippen molar-refractivity contribution in [3.63, 3.8) is 0 Å². The van der Waals surface area contributed by atoms with E-state index in [1.807, 2.05) is 13.1 Å². The van der Waals surface area contributed by atoms with Crippen LogP contribution in [-0.2, 0) is 4.74 Å². The maximum absolute atomic E-state index is 6.03. The molecule has 0 aromatic heterocycles. The Morgan fingerprint density at radius 1 is 1.25 bits per heavy atom. The van der Waals surface area contributed by atoms with Crippen LogP contribution in [0.4, 0.5) is 0 Å². The van der Waals surface area contributed by atoms with Gasteiger partial charge in [0.15, 0.2) is 0 Å². The zero-order valence-corrected chi connectivity index (χ0v) is 10.1. The first-order chi connectivity index (χ1) is 7.81. The summed E-state index contributed by atoms with van der Waals surface area (Å²) in [4.78, 5) is 0. The van der Waals surface area contributed by atoms with E-state index in [1.54, 1.807) is 0 Å². The molecule has 0 radical (unpaired) electrons. The topological polar surface area (TPSA) is 21.3 Å². The zero-order valence-electron chi connectivity index (χ0n) is 10.1. The fraction of sp³-hybridized carbons (Fsp3) is 0.571. The molecule has 0 heterocycles. The van der Waals surface area contributed by atoms with Crippen LogP contribution in [-0.4, -0.2) is 19.3 Å². The number of rotatable bonds is 5. The van der Waals surface area contributed by atoms with Crippen LogP contribution in [0.25, 0.3) is 0 Å². The van der Waals surface area contributed by atoms with Crippen molar-refractivity contribution in [2.45, 2.75) is 44.4 Å². The quantitative estimate of drug-likeness (QED) is 0.822. The zero-order chi connectivity index (χ0) is 11.4. The minimum Gasteiger partial charge on any atom is -0.373 e. The van der Waals surface area contributed by atoms with Gasteiger partial charge in [-0.1, -0.05) is 30.3 Å². The van der Waals surface area contributed by atoms with Crippen molar-refractivity contribution in [2.75, 3.05) is 7.05 Å². The van der Waals surface area contributed by atoms with Gasteiger partial charge < -0.3 is 10.1 Å². The first-order valence-corrected chi connectivity index (χ1v) is 6.19. The largest absolute Gasteiger partial charge is 0.373 e. The molecule has 2 rings (SSSR count). The van der Waals surface area contributed by atoms with Gasteiger partial charge in [0.25, 0.3) is 0 Å². The predicted molar refractivity (Wildman–Crippen MR) is 66.4 cm³/mol. The van der Waals surface area contributed by atoms with Crippen LogP contribution in [0.15, 0.2) is 30.3 Å². The molecule has 0 saturated heterocycles. The van der Waals surface area contributed by atoms with E-state index in [2.05, 4.69) is 36.5 Å². The second-order valence-electron chi connectivity index (χ2n) is 4.57. The molecule has 1 aliphatic carbocycles. The van der Waals surface area contributed by atoms with E-state index in [0.717, 1.165) is 0 Å². The highest BCUT2D eigenvalue weighted by molar-refractivity contribution is 5.19. The molecular formula is C14H21NO. The molecule has 0 bridgehead atoms. The highest BCUT2D eigenvalue weighted by Crippen LogP contribution is 2.27. The molecule has 1 aromatic rings. The van der Waals surface area contributed by atoms with Gasteiger partial charge in [-0.3, -0.25) is 0 Å². The molecule has 0 spiro atoms. The van der Waals surface area contributed by atoms with Crippen molar-refractivity contribution in [1.29, 1.82) is 0 Å². The molecule has 2 unspecified atom stereocenters. The smallest absolute Gasteiger partial charge is 0.0745 e. The summed E-state index contributed by atoms with van der Waals surface area (Å²) in [7, 11) is 2.00. The lowest BCUT2D eigenvalue weighted by atomic mass is 9.95. The third-order valence-electron chi connectivity index (χ3n) is 3.40. The molecule has 88 valence electrons. The number of hydrogen-bond acceptors (Lipinski definition) is 2. The molecule has 0 aliphatic heterocycles. The van der Waals surface area contributed by atoms with Crippen LogP contribution < -0.4 is 5.32 Å². The molecule has 0 amide bonds. The molecule has 1 fully saturated rings. The highest BCUT2D eigenvalue weighted by Gasteiger charge is 2.25. The number of benzene rings is 1. The van der Waals surface area contributed by atoms with Crippen LogP contribution in [0, 0.1) is 0 Å². The lowest BCUT2D eigenvalue weighted by molar-refractivity contribution is -0.0573. The summed E-state index contributed by atoms with van der Waals surface area (Å²) < 4.78 is 6.03. The van der Waals surface area contributed by atoms with Crippen LogP contribution in [0.1, 0.15) is 37.8 Å². The SMILES string of the molecule is CNC(c1ccccc1)C(C)OC1CCC1. The molecule has 1 aliphatic rings. The summed E-state index contributed by atoms with van der Waals surface area (Å²) in [5.74, 6) is 0. The Labute approximate surface area is 98.0 Å². The summed E-state index contributed by atoms with van der Waals surface area (Å²) >= 11 is 0. The van der Waals surface area contributed by atoms with Gasteiger partial charge in [0.2, 0.25) is 0 Å². The number of ether oxygens (including phenoxy) is 1. The van der Waals surface area contributed by atoms with Crippen LogP contribution in [0.3, 0.4) is 0 Å². The average molecular weight is 219 g/mol. The number of hydrogen-bond donors (Lipinski definition) is 1. The molecular weight excluding hydrogens is 198 g/mol. The Bertz CT molecular complexity index is 308. The second-order valence-corrected chi connectivity index (χ2v) is 4.57. The maximum atomic E-state index is 6.03. The number of likely N-dealkylation sites (N-methyl/N-ethyl adjacent to an activating group) is 1. The Morgan fingerprint density at radius 3 is 2.44 bits per heavy atom. The van der Waals surface area contributed by atoms with Gasteiger partial charge in [0.1, 0.15) is 0 Å². The lowest BCUT2D eigenvalue weighted by Crippen LogP contribution is -2.35. The summed E-state index contributed by atoms with van der Waals surface area (Å²) in [5, 5.41) is 3.35. The van der Waals surface area contributed by atoms with E-state index < -0.39 is 0 Å². The summed E-state index contributed by atoms with van der Waals surface area (Å²) in [6.07, 6.45) is 4.52. The van der Waals surface area contributed by atoms with E-state index >= 15 is 0 Å².